The fourth-order valence-corrected chi connectivity index (χ4v) is 1.66. The summed E-state index contributed by atoms with van der Waals surface area (Å²) in [5, 5.41) is 3.87. The normalized spacial score (nSPS) is 17.4. The van der Waals surface area contributed by atoms with E-state index in [0.29, 0.717) is 24.1 Å². The minimum absolute atomic E-state index is 0.0748. The second-order valence-electron chi connectivity index (χ2n) is 4.11. The predicted molar refractivity (Wildman–Crippen MR) is 55.8 cm³/mol. The third-order valence-electron chi connectivity index (χ3n) is 2.79. The first-order chi connectivity index (χ1) is 7.74. The van der Waals surface area contributed by atoms with Crippen LogP contribution in [-0.2, 0) is 16.0 Å². The van der Waals surface area contributed by atoms with Crippen molar-refractivity contribution in [3.63, 3.8) is 0 Å². The summed E-state index contributed by atoms with van der Waals surface area (Å²) in [6.45, 7) is 1.82. The maximum Gasteiger partial charge on any atom is 0.234 e. The van der Waals surface area contributed by atoms with Crippen molar-refractivity contribution in [2.45, 2.75) is 38.7 Å². The molecule has 0 N–H and O–H groups in total. The zero-order valence-electron chi connectivity index (χ0n) is 9.60. The molecule has 88 valence electrons. The molecule has 16 heavy (non-hydrogen) atoms. The third kappa shape index (κ3) is 2.47. The molecule has 1 aliphatic rings. The number of Topliss-reactive ketones (excluding diaryl/α,β-unsaturated/α-hetero) is 1. The molecule has 0 radical (unpaired) electrons. The van der Waals surface area contributed by atoms with Crippen molar-refractivity contribution in [2.75, 3.05) is 7.11 Å². The molecule has 0 bridgehead atoms. The lowest BCUT2D eigenvalue weighted by molar-refractivity contribution is -0.118. The monoisotopic (exact) mass is 224 g/mol. The van der Waals surface area contributed by atoms with E-state index in [1.165, 1.54) is 0 Å². The highest BCUT2D eigenvalue weighted by Gasteiger charge is 2.35. The molecule has 1 fully saturated rings. The van der Waals surface area contributed by atoms with E-state index in [4.69, 9.17) is 9.26 Å². The Balaban J connectivity index is 2.03. The Morgan fingerprint density at radius 2 is 2.38 bits per heavy atom. The van der Waals surface area contributed by atoms with Crippen LogP contribution in [0.15, 0.2) is 4.52 Å². The van der Waals surface area contributed by atoms with Crippen LogP contribution in [0.5, 0.6) is 0 Å². The van der Waals surface area contributed by atoms with Crippen LogP contribution < -0.4 is 0 Å². The molecule has 5 heteroatoms. The van der Waals surface area contributed by atoms with Gasteiger partial charge in [-0.05, 0) is 18.8 Å². The highest BCUT2D eigenvalue weighted by molar-refractivity contribution is 5.79. The molecule has 0 amide bonds. The Labute approximate surface area is 94.2 Å². The molecule has 1 heterocycles. The van der Waals surface area contributed by atoms with Gasteiger partial charge in [-0.15, -0.1) is 0 Å². The first-order valence-corrected chi connectivity index (χ1v) is 5.61. The first-order valence-electron chi connectivity index (χ1n) is 5.61. The molecule has 1 aromatic heterocycles. The summed E-state index contributed by atoms with van der Waals surface area (Å²) in [6.07, 6.45) is 2.94. The summed E-state index contributed by atoms with van der Waals surface area (Å²) in [7, 11) is 1.65. The fourth-order valence-electron chi connectivity index (χ4n) is 1.66. The molecular weight excluding hydrogens is 208 g/mol. The average Bonchev–Trinajstić information content (AvgIpc) is 3.01. The van der Waals surface area contributed by atoms with Crippen molar-refractivity contribution in [1.29, 1.82) is 0 Å². The van der Waals surface area contributed by atoms with Crippen molar-refractivity contribution in [3.8, 4) is 0 Å². The minimum atomic E-state index is -0.0748. The molecule has 1 saturated carbocycles. The van der Waals surface area contributed by atoms with Crippen molar-refractivity contribution >= 4 is 5.78 Å². The summed E-state index contributed by atoms with van der Waals surface area (Å²) in [4.78, 5) is 15.4. The molecule has 0 aliphatic heterocycles. The Hall–Kier alpha value is -1.23. The van der Waals surface area contributed by atoms with Gasteiger partial charge in [-0.1, -0.05) is 12.1 Å². The molecule has 0 spiro atoms. The van der Waals surface area contributed by atoms with Crippen LogP contribution in [0.25, 0.3) is 0 Å². The summed E-state index contributed by atoms with van der Waals surface area (Å²) >= 11 is 0. The molecule has 1 aromatic rings. The zero-order valence-corrected chi connectivity index (χ0v) is 9.60. The van der Waals surface area contributed by atoms with Crippen molar-refractivity contribution in [1.82, 2.24) is 10.1 Å². The van der Waals surface area contributed by atoms with E-state index in [0.717, 1.165) is 12.8 Å². The smallest absolute Gasteiger partial charge is 0.234 e. The third-order valence-corrected chi connectivity index (χ3v) is 2.79. The van der Waals surface area contributed by atoms with E-state index in [2.05, 4.69) is 10.1 Å². The Bertz CT molecular complexity index is 371. The van der Waals surface area contributed by atoms with Gasteiger partial charge in [0.1, 0.15) is 11.9 Å². The quantitative estimate of drug-likeness (QED) is 0.735. The van der Waals surface area contributed by atoms with E-state index < -0.39 is 0 Å². The number of aromatic nitrogens is 2. The molecule has 1 aliphatic carbocycles. The van der Waals surface area contributed by atoms with Crippen molar-refractivity contribution < 1.29 is 14.1 Å². The number of hydrogen-bond donors (Lipinski definition) is 0. The summed E-state index contributed by atoms with van der Waals surface area (Å²) in [5.74, 6) is 1.58. The van der Waals surface area contributed by atoms with Gasteiger partial charge in [0.15, 0.2) is 0 Å². The standard InChI is InChI=1S/C11H16N2O3/c1-3-8(14)6-9-12-11(13-16-9)10(15-2)7-4-5-7/h7,10H,3-6H2,1-2H3. The van der Waals surface area contributed by atoms with Crippen molar-refractivity contribution in [2.24, 2.45) is 5.92 Å². The highest BCUT2D eigenvalue weighted by atomic mass is 16.5. The van der Waals surface area contributed by atoms with Crippen LogP contribution in [0, 0.1) is 5.92 Å². The lowest BCUT2D eigenvalue weighted by atomic mass is 10.2. The van der Waals surface area contributed by atoms with E-state index >= 15 is 0 Å². The van der Waals surface area contributed by atoms with Crippen LogP contribution in [0.4, 0.5) is 0 Å². The van der Waals surface area contributed by atoms with E-state index in [-0.39, 0.29) is 18.3 Å². The van der Waals surface area contributed by atoms with Gasteiger partial charge in [-0.25, -0.2) is 0 Å². The average molecular weight is 224 g/mol. The molecule has 2 rings (SSSR count). The topological polar surface area (TPSA) is 65.2 Å². The number of methoxy groups -OCH3 is 1. The summed E-state index contributed by atoms with van der Waals surface area (Å²) in [6, 6.07) is 0. The van der Waals surface area contributed by atoms with Crippen molar-refractivity contribution in [3.05, 3.63) is 11.7 Å². The van der Waals surface area contributed by atoms with Gasteiger partial charge in [0.05, 0.1) is 6.42 Å². The predicted octanol–water partition coefficient (Wildman–Crippen LogP) is 1.69. The van der Waals surface area contributed by atoms with Crippen LogP contribution in [-0.4, -0.2) is 23.0 Å². The highest BCUT2D eigenvalue weighted by Crippen LogP contribution is 2.41. The van der Waals surface area contributed by atoms with Gasteiger partial charge in [-0.2, -0.15) is 4.98 Å². The lowest BCUT2D eigenvalue weighted by Gasteiger charge is -2.07. The second kappa shape index (κ2) is 4.74. The van der Waals surface area contributed by atoms with E-state index in [9.17, 15) is 4.79 Å². The largest absolute Gasteiger partial charge is 0.373 e. The number of nitrogens with zero attached hydrogens (tertiary/aromatic N) is 2. The lowest BCUT2D eigenvalue weighted by Crippen LogP contribution is -2.06. The number of ketones is 1. The first kappa shape index (κ1) is 11.3. The van der Waals surface area contributed by atoms with E-state index in [1.807, 2.05) is 6.92 Å². The second-order valence-corrected chi connectivity index (χ2v) is 4.11. The number of hydrogen-bond acceptors (Lipinski definition) is 5. The van der Waals surface area contributed by atoms with Gasteiger partial charge in [0.25, 0.3) is 0 Å². The van der Waals surface area contributed by atoms with Gasteiger partial charge in [-0.3, -0.25) is 4.79 Å². The molecule has 0 aromatic carbocycles. The SMILES string of the molecule is CCC(=O)Cc1nc(C(OC)C2CC2)no1. The molecule has 0 saturated heterocycles. The fraction of sp³-hybridized carbons (Fsp3) is 0.727. The van der Waals surface area contributed by atoms with Gasteiger partial charge >= 0.3 is 0 Å². The molecule has 5 nitrogen and oxygen atoms in total. The number of ether oxygens (including phenoxy) is 1. The maximum absolute atomic E-state index is 11.2. The van der Waals surface area contributed by atoms with Crippen LogP contribution in [0.3, 0.4) is 0 Å². The summed E-state index contributed by atoms with van der Waals surface area (Å²) in [5.41, 5.74) is 0. The molecular formula is C11H16N2O3. The molecule has 1 atom stereocenters. The molecule has 1 unspecified atom stereocenters. The maximum atomic E-state index is 11.2. The Morgan fingerprint density at radius 1 is 1.62 bits per heavy atom. The number of carbonyl (C=O) groups excluding carboxylic acids is 1. The number of rotatable bonds is 6. The van der Waals surface area contributed by atoms with Gasteiger partial charge in [0, 0.05) is 13.5 Å². The van der Waals surface area contributed by atoms with Crippen LogP contribution in [0.2, 0.25) is 0 Å². The van der Waals surface area contributed by atoms with Gasteiger partial charge < -0.3 is 9.26 Å². The van der Waals surface area contributed by atoms with Gasteiger partial charge in [0.2, 0.25) is 11.7 Å². The zero-order chi connectivity index (χ0) is 11.5. The number of carbonyl (C=O) groups is 1. The summed E-state index contributed by atoms with van der Waals surface area (Å²) < 4.78 is 10.4. The van der Waals surface area contributed by atoms with Crippen LogP contribution >= 0.6 is 0 Å². The van der Waals surface area contributed by atoms with E-state index in [1.54, 1.807) is 7.11 Å². The minimum Gasteiger partial charge on any atom is -0.373 e. The Morgan fingerprint density at radius 3 is 2.94 bits per heavy atom. The van der Waals surface area contributed by atoms with Crippen LogP contribution in [0.1, 0.15) is 44.0 Å². The Kier molecular flexibility index (Phi) is 3.33.